The highest BCUT2D eigenvalue weighted by atomic mass is 16.2. The first kappa shape index (κ1) is 13.0. The Kier molecular flexibility index (Phi) is 3.65. The molecule has 2 unspecified atom stereocenters. The molecule has 100 valence electrons. The van der Waals surface area contributed by atoms with E-state index in [1.165, 1.54) is 0 Å². The van der Waals surface area contributed by atoms with Crippen LogP contribution in [-0.2, 0) is 17.9 Å². The van der Waals surface area contributed by atoms with E-state index in [2.05, 4.69) is 10.1 Å². The van der Waals surface area contributed by atoms with Gasteiger partial charge in [0.1, 0.15) is 11.6 Å². The number of aromatic nitrogens is 3. The van der Waals surface area contributed by atoms with Crippen molar-refractivity contribution in [3.05, 3.63) is 11.6 Å². The van der Waals surface area contributed by atoms with Crippen LogP contribution in [0.3, 0.4) is 0 Å². The molecule has 1 aromatic rings. The van der Waals surface area contributed by atoms with Gasteiger partial charge < -0.3 is 10.6 Å². The summed E-state index contributed by atoms with van der Waals surface area (Å²) in [5.41, 5.74) is 5.99. The second-order valence-electron chi connectivity index (χ2n) is 4.97. The summed E-state index contributed by atoms with van der Waals surface area (Å²) in [7, 11) is 0. The molecule has 0 bridgehead atoms. The van der Waals surface area contributed by atoms with Crippen molar-refractivity contribution in [1.82, 2.24) is 19.7 Å². The molecule has 2 N–H and O–H groups in total. The van der Waals surface area contributed by atoms with Crippen LogP contribution in [0, 0.1) is 12.8 Å². The number of carbonyl (C=O) groups is 1. The topological polar surface area (TPSA) is 77.0 Å². The van der Waals surface area contributed by atoms with Gasteiger partial charge in [-0.25, -0.2) is 9.67 Å². The molecule has 0 aliphatic carbocycles. The molecule has 0 aromatic carbocycles. The second kappa shape index (κ2) is 5.06. The van der Waals surface area contributed by atoms with Gasteiger partial charge >= 0.3 is 0 Å². The van der Waals surface area contributed by atoms with Gasteiger partial charge in [-0.1, -0.05) is 20.3 Å². The van der Waals surface area contributed by atoms with Crippen LogP contribution in [0.2, 0.25) is 0 Å². The molecule has 2 heterocycles. The molecule has 1 aliphatic rings. The molecule has 1 aliphatic heterocycles. The lowest BCUT2D eigenvalue weighted by atomic mass is 9.99. The zero-order chi connectivity index (χ0) is 13.3. The number of fused-ring (bicyclic) bond motifs is 1. The largest absolute Gasteiger partial charge is 0.332 e. The maximum Gasteiger partial charge on any atom is 0.240 e. The van der Waals surface area contributed by atoms with E-state index in [4.69, 9.17) is 5.73 Å². The minimum atomic E-state index is -0.412. The molecule has 0 saturated heterocycles. The number of amides is 1. The molecule has 0 radical (unpaired) electrons. The van der Waals surface area contributed by atoms with Crippen LogP contribution in [0.15, 0.2) is 0 Å². The van der Waals surface area contributed by atoms with Crippen LogP contribution in [0.1, 0.15) is 31.9 Å². The predicted molar refractivity (Wildman–Crippen MR) is 67.6 cm³/mol. The smallest absolute Gasteiger partial charge is 0.240 e. The highest BCUT2D eigenvalue weighted by molar-refractivity contribution is 5.82. The van der Waals surface area contributed by atoms with Crippen molar-refractivity contribution in [2.45, 2.75) is 46.3 Å². The summed E-state index contributed by atoms with van der Waals surface area (Å²) in [6.45, 7) is 7.81. The Bertz CT molecular complexity index is 442. The van der Waals surface area contributed by atoms with Gasteiger partial charge in [0.25, 0.3) is 0 Å². The minimum Gasteiger partial charge on any atom is -0.332 e. The highest BCUT2D eigenvalue weighted by Gasteiger charge is 2.28. The zero-order valence-corrected chi connectivity index (χ0v) is 11.3. The fraction of sp³-hybridized carbons (Fsp3) is 0.750. The van der Waals surface area contributed by atoms with Gasteiger partial charge in [0.2, 0.25) is 5.91 Å². The van der Waals surface area contributed by atoms with Crippen molar-refractivity contribution in [3.8, 4) is 0 Å². The fourth-order valence-electron chi connectivity index (χ4n) is 2.16. The Hall–Kier alpha value is -1.43. The Balaban J connectivity index is 2.06. The summed E-state index contributed by atoms with van der Waals surface area (Å²) in [5.74, 6) is 1.84. The van der Waals surface area contributed by atoms with E-state index in [0.29, 0.717) is 19.6 Å². The van der Waals surface area contributed by atoms with E-state index in [-0.39, 0.29) is 11.8 Å². The van der Waals surface area contributed by atoms with Crippen LogP contribution < -0.4 is 5.73 Å². The van der Waals surface area contributed by atoms with Crippen molar-refractivity contribution >= 4 is 5.91 Å². The molecule has 0 spiro atoms. The fourth-order valence-corrected chi connectivity index (χ4v) is 2.16. The van der Waals surface area contributed by atoms with E-state index in [1.54, 1.807) is 4.90 Å². The third-order valence-corrected chi connectivity index (χ3v) is 3.62. The quantitative estimate of drug-likeness (QED) is 0.838. The summed E-state index contributed by atoms with van der Waals surface area (Å²) >= 11 is 0. The average Bonchev–Trinajstić information content (AvgIpc) is 2.74. The summed E-state index contributed by atoms with van der Waals surface area (Å²) in [4.78, 5) is 18.4. The van der Waals surface area contributed by atoms with Gasteiger partial charge in [-0.15, -0.1) is 0 Å². The first-order valence-corrected chi connectivity index (χ1v) is 6.47. The molecule has 6 nitrogen and oxygen atoms in total. The molecule has 6 heteroatoms. The van der Waals surface area contributed by atoms with E-state index >= 15 is 0 Å². The first-order chi connectivity index (χ1) is 8.52. The monoisotopic (exact) mass is 251 g/mol. The summed E-state index contributed by atoms with van der Waals surface area (Å²) in [6.07, 6.45) is 0.913. The Morgan fingerprint density at radius 1 is 1.50 bits per heavy atom. The summed E-state index contributed by atoms with van der Waals surface area (Å²) < 4.78 is 1.87. The normalized spacial score (nSPS) is 18.3. The Labute approximate surface area is 107 Å². The van der Waals surface area contributed by atoms with Gasteiger partial charge in [0, 0.05) is 6.54 Å². The zero-order valence-electron chi connectivity index (χ0n) is 11.3. The molecular formula is C12H21N5O. The van der Waals surface area contributed by atoms with Crippen molar-refractivity contribution in [2.75, 3.05) is 6.54 Å². The standard InChI is InChI=1S/C12H21N5O/c1-4-8(2)11(13)12(18)16-5-6-17-10(7-16)14-9(3)15-17/h8,11H,4-7,13H2,1-3H3. The van der Waals surface area contributed by atoms with Gasteiger partial charge in [0.15, 0.2) is 0 Å². The SMILES string of the molecule is CCC(C)C(N)C(=O)N1CCn2nc(C)nc2C1. The van der Waals surface area contributed by atoms with Crippen LogP contribution in [0.5, 0.6) is 0 Å². The Morgan fingerprint density at radius 2 is 2.22 bits per heavy atom. The van der Waals surface area contributed by atoms with Crippen LogP contribution in [-0.4, -0.2) is 38.2 Å². The Morgan fingerprint density at radius 3 is 2.89 bits per heavy atom. The molecule has 1 amide bonds. The van der Waals surface area contributed by atoms with E-state index < -0.39 is 6.04 Å². The number of hydrogen-bond donors (Lipinski definition) is 1. The van der Waals surface area contributed by atoms with Crippen molar-refractivity contribution in [1.29, 1.82) is 0 Å². The van der Waals surface area contributed by atoms with Crippen molar-refractivity contribution < 1.29 is 4.79 Å². The van der Waals surface area contributed by atoms with Crippen molar-refractivity contribution in [2.24, 2.45) is 11.7 Å². The third-order valence-electron chi connectivity index (χ3n) is 3.62. The van der Waals surface area contributed by atoms with Crippen molar-refractivity contribution in [3.63, 3.8) is 0 Å². The molecule has 18 heavy (non-hydrogen) atoms. The number of carbonyl (C=O) groups excluding carboxylic acids is 1. The van der Waals surface area contributed by atoms with E-state index in [0.717, 1.165) is 18.1 Å². The summed E-state index contributed by atoms with van der Waals surface area (Å²) in [6, 6.07) is -0.412. The average molecular weight is 251 g/mol. The van der Waals surface area contributed by atoms with Gasteiger partial charge in [-0.3, -0.25) is 4.79 Å². The summed E-state index contributed by atoms with van der Waals surface area (Å²) in [5, 5.41) is 4.28. The third kappa shape index (κ3) is 2.38. The molecule has 0 saturated carbocycles. The number of nitrogens with two attached hydrogens (primary N) is 1. The molecule has 0 fully saturated rings. The van der Waals surface area contributed by atoms with E-state index in [1.807, 2.05) is 25.5 Å². The number of aryl methyl sites for hydroxylation is 1. The number of nitrogens with zero attached hydrogens (tertiary/aromatic N) is 4. The molecule has 1 aromatic heterocycles. The molecular weight excluding hydrogens is 230 g/mol. The maximum atomic E-state index is 12.3. The van der Waals surface area contributed by atoms with Crippen LogP contribution in [0.4, 0.5) is 0 Å². The lowest BCUT2D eigenvalue weighted by Gasteiger charge is -2.30. The predicted octanol–water partition coefficient (Wildman–Crippen LogP) is 0.302. The van der Waals surface area contributed by atoms with Gasteiger partial charge in [-0.2, -0.15) is 5.10 Å². The van der Waals surface area contributed by atoms with Crippen LogP contribution >= 0.6 is 0 Å². The van der Waals surface area contributed by atoms with Gasteiger partial charge in [-0.05, 0) is 12.8 Å². The van der Waals surface area contributed by atoms with E-state index in [9.17, 15) is 4.79 Å². The molecule has 2 atom stereocenters. The highest BCUT2D eigenvalue weighted by Crippen LogP contribution is 2.14. The minimum absolute atomic E-state index is 0.0243. The van der Waals surface area contributed by atoms with Crippen LogP contribution in [0.25, 0.3) is 0 Å². The number of hydrogen-bond acceptors (Lipinski definition) is 4. The maximum absolute atomic E-state index is 12.3. The first-order valence-electron chi connectivity index (χ1n) is 6.47. The lowest BCUT2D eigenvalue weighted by molar-refractivity contribution is -0.135. The second-order valence-corrected chi connectivity index (χ2v) is 4.97. The lowest BCUT2D eigenvalue weighted by Crippen LogP contribution is -2.49. The van der Waals surface area contributed by atoms with Gasteiger partial charge in [0.05, 0.1) is 19.1 Å². The number of rotatable bonds is 3. The molecule has 2 rings (SSSR count).